The monoisotopic (exact) mass is 313 g/mol. The van der Waals surface area contributed by atoms with Gasteiger partial charge in [-0.25, -0.2) is 8.78 Å². The molecule has 1 saturated heterocycles. The van der Waals surface area contributed by atoms with Crippen molar-refractivity contribution in [3.05, 3.63) is 71.3 Å². The summed E-state index contributed by atoms with van der Waals surface area (Å²) in [5.41, 5.74) is 2.16. The van der Waals surface area contributed by atoms with Crippen LogP contribution >= 0.6 is 0 Å². The Morgan fingerprint density at radius 2 is 1.61 bits per heavy atom. The predicted molar refractivity (Wildman–Crippen MR) is 87.0 cm³/mol. The number of fused-ring (bicyclic) bond motifs is 1. The van der Waals surface area contributed by atoms with Gasteiger partial charge in [0.25, 0.3) is 0 Å². The molecule has 0 radical (unpaired) electrons. The zero-order valence-electron chi connectivity index (χ0n) is 13.3. The normalized spacial score (nSPS) is 29.5. The molecule has 0 amide bonds. The molecule has 2 atom stereocenters. The molecule has 2 aliphatic rings. The molecule has 1 aliphatic carbocycles. The van der Waals surface area contributed by atoms with Crippen molar-refractivity contribution in [1.29, 1.82) is 0 Å². The molecule has 0 spiro atoms. The lowest BCUT2D eigenvalue weighted by Gasteiger charge is -2.26. The maximum Gasteiger partial charge on any atom is 0.126 e. The van der Waals surface area contributed by atoms with Gasteiger partial charge in [-0.1, -0.05) is 37.3 Å². The lowest BCUT2D eigenvalue weighted by Crippen LogP contribution is -2.30. The molecule has 4 rings (SSSR count). The van der Waals surface area contributed by atoms with Crippen LogP contribution in [0.3, 0.4) is 0 Å². The van der Waals surface area contributed by atoms with Crippen molar-refractivity contribution in [2.24, 2.45) is 11.8 Å². The summed E-state index contributed by atoms with van der Waals surface area (Å²) in [7, 11) is 0. The van der Waals surface area contributed by atoms with Crippen LogP contribution in [0.4, 0.5) is 8.78 Å². The van der Waals surface area contributed by atoms with Gasteiger partial charge in [-0.05, 0) is 41.5 Å². The first-order chi connectivity index (χ1) is 11.1. The van der Waals surface area contributed by atoms with Gasteiger partial charge in [0.15, 0.2) is 0 Å². The number of halogens is 2. The van der Waals surface area contributed by atoms with Gasteiger partial charge in [-0.15, -0.1) is 0 Å². The standard InChI is InChI=1S/C20H21F2N/c1-2-20(15-8-16(21)10-17(22)9-15)18-12-23(13-19(18)20)11-14-6-4-3-5-7-14/h3-10,18-19H,2,11-13H2,1H3. The number of hydrogen-bond donors (Lipinski definition) is 0. The van der Waals surface area contributed by atoms with E-state index in [1.54, 1.807) is 0 Å². The van der Waals surface area contributed by atoms with Gasteiger partial charge < -0.3 is 0 Å². The number of rotatable bonds is 4. The van der Waals surface area contributed by atoms with Crippen molar-refractivity contribution in [1.82, 2.24) is 4.90 Å². The molecule has 0 aromatic heterocycles. The van der Waals surface area contributed by atoms with Crippen molar-refractivity contribution in [2.75, 3.05) is 13.1 Å². The molecule has 2 aromatic rings. The maximum absolute atomic E-state index is 13.6. The summed E-state index contributed by atoms with van der Waals surface area (Å²) in [6.07, 6.45) is 0.949. The topological polar surface area (TPSA) is 3.24 Å². The Kier molecular flexibility index (Phi) is 3.49. The third kappa shape index (κ3) is 2.38. The van der Waals surface area contributed by atoms with Crippen molar-refractivity contribution >= 4 is 0 Å². The van der Waals surface area contributed by atoms with Gasteiger partial charge in [0, 0.05) is 31.1 Å². The quantitative estimate of drug-likeness (QED) is 0.810. The minimum Gasteiger partial charge on any atom is -0.298 e. The summed E-state index contributed by atoms with van der Waals surface area (Å²) >= 11 is 0. The Balaban J connectivity index is 1.51. The Labute approximate surface area is 135 Å². The van der Waals surface area contributed by atoms with E-state index >= 15 is 0 Å². The fourth-order valence-electron chi connectivity index (χ4n) is 4.77. The van der Waals surface area contributed by atoms with Crippen LogP contribution in [0.15, 0.2) is 48.5 Å². The predicted octanol–water partition coefficient (Wildman–Crippen LogP) is 4.37. The van der Waals surface area contributed by atoms with Gasteiger partial charge in [0.05, 0.1) is 0 Å². The minimum absolute atomic E-state index is 0.0177. The highest BCUT2D eigenvalue weighted by atomic mass is 19.1. The minimum atomic E-state index is -0.459. The second-order valence-corrected chi connectivity index (χ2v) is 6.94. The van der Waals surface area contributed by atoms with E-state index in [0.717, 1.165) is 37.7 Å². The first-order valence-electron chi connectivity index (χ1n) is 8.36. The number of benzene rings is 2. The molecule has 1 aliphatic heterocycles. The third-order valence-corrected chi connectivity index (χ3v) is 5.84. The molecule has 3 heteroatoms. The molecule has 1 saturated carbocycles. The van der Waals surface area contributed by atoms with E-state index in [-0.39, 0.29) is 5.41 Å². The smallest absolute Gasteiger partial charge is 0.126 e. The van der Waals surface area contributed by atoms with E-state index in [2.05, 4.69) is 36.1 Å². The summed E-state index contributed by atoms with van der Waals surface area (Å²) in [4.78, 5) is 2.47. The first kappa shape index (κ1) is 14.8. The van der Waals surface area contributed by atoms with Gasteiger partial charge in [0.2, 0.25) is 0 Å². The molecule has 1 nitrogen and oxygen atoms in total. The molecule has 2 unspecified atom stereocenters. The molecular weight excluding hydrogens is 292 g/mol. The Morgan fingerprint density at radius 3 is 2.17 bits per heavy atom. The van der Waals surface area contributed by atoms with Crippen LogP contribution in [0.5, 0.6) is 0 Å². The summed E-state index contributed by atoms with van der Waals surface area (Å²) in [6.45, 7) is 5.14. The molecule has 1 heterocycles. The highest BCUT2D eigenvalue weighted by Crippen LogP contribution is 2.65. The Bertz CT molecular complexity index is 681. The highest BCUT2D eigenvalue weighted by molar-refractivity contribution is 5.39. The van der Waals surface area contributed by atoms with Crippen LogP contribution in [0.1, 0.15) is 24.5 Å². The average molecular weight is 313 g/mol. The van der Waals surface area contributed by atoms with E-state index < -0.39 is 11.6 Å². The van der Waals surface area contributed by atoms with Crippen LogP contribution in [-0.4, -0.2) is 18.0 Å². The Hall–Kier alpha value is -1.74. The molecule has 23 heavy (non-hydrogen) atoms. The Morgan fingerprint density at radius 1 is 1.00 bits per heavy atom. The third-order valence-electron chi connectivity index (χ3n) is 5.84. The largest absolute Gasteiger partial charge is 0.298 e. The van der Waals surface area contributed by atoms with Crippen molar-refractivity contribution in [3.8, 4) is 0 Å². The second kappa shape index (κ2) is 5.41. The fourth-order valence-corrected chi connectivity index (χ4v) is 4.77. The fraction of sp³-hybridized carbons (Fsp3) is 0.400. The van der Waals surface area contributed by atoms with Crippen LogP contribution in [0.2, 0.25) is 0 Å². The van der Waals surface area contributed by atoms with Crippen LogP contribution in [-0.2, 0) is 12.0 Å². The summed E-state index contributed by atoms with van der Waals surface area (Å²) in [6, 6.07) is 14.5. The average Bonchev–Trinajstić information content (AvgIpc) is 2.92. The lowest BCUT2D eigenvalue weighted by molar-refractivity contribution is 0.261. The molecule has 120 valence electrons. The van der Waals surface area contributed by atoms with E-state index in [4.69, 9.17) is 0 Å². The highest BCUT2D eigenvalue weighted by Gasteiger charge is 2.67. The SMILES string of the molecule is CCC1(c2cc(F)cc(F)c2)C2CN(Cc3ccccc3)CC21. The summed E-state index contributed by atoms with van der Waals surface area (Å²) in [5, 5.41) is 0. The van der Waals surface area contributed by atoms with Gasteiger partial charge in [-0.2, -0.15) is 0 Å². The van der Waals surface area contributed by atoms with Gasteiger partial charge in [-0.3, -0.25) is 4.90 Å². The van der Waals surface area contributed by atoms with E-state index in [1.165, 1.54) is 17.7 Å². The molecule has 2 fully saturated rings. The first-order valence-corrected chi connectivity index (χ1v) is 8.36. The van der Waals surface area contributed by atoms with Crippen molar-refractivity contribution in [2.45, 2.75) is 25.3 Å². The zero-order valence-corrected chi connectivity index (χ0v) is 13.3. The summed E-state index contributed by atoms with van der Waals surface area (Å²) < 4.78 is 27.2. The lowest BCUT2D eigenvalue weighted by atomic mass is 9.87. The molecule has 0 bridgehead atoms. The van der Waals surface area contributed by atoms with E-state index in [1.807, 2.05) is 6.07 Å². The van der Waals surface area contributed by atoms with Crippen LogP contribution in [0.25, 0.3) is 0 Å². The number of nitrogens with zero attached hydrogens (tertiary/aromatic N) is 1. The van der Waals surface area contributed by atoms with E-state index in [0.29, 0.717) is 11.8 Å². The van der Waals surface area contributed by atoms with Crippen molar-refractivity contribution < 1.29 is 8.78 Å². The number of piperidine rings is 1. The molecule has 0 N–H and O–H groups in total. The zero-order chi connectivity index (χ0) is 16.0. The van der Waals surface area contributed by atoms with Crippen molar-refractivity contribution in [3.63, 3.8) is 0 Å². The molecular formula is C20H21F2N. The van der Waals surface area contributed by atoms with Crippen LogP contribution in [0, 0.1) is 23.5 Å². The molecule has 2 aromatic carbocycles. The summed E-state index contributed by atoms with van der Waals surface area (Å²) in [5.74, 6) is 0.132. The maximum atomic E-state index is 13.6. The second-order valence-electron chi connectivity index (χ2n) is 6.94. The number of hydrogen-bond acceptors (Lipinski definition) is 1. The number of likely N-dealkylation sites (tertiary alicyclic amines) is 1. The van der Waals surface area contributed by atoms with Gasteiger partial charge >= 0.3 is 0 Å². The van der Waals surface area contributed by atoms with Gasteiger partial charge in [0.1, 0.15) is 11.6 Å². The van der Waals surface area contributed by atoms with E-state index in [9.17, 15) is 8.78 Å². The van der Waals surface area contributed by atoms with Crippen LogP contribution < -0.4 is 0 Å².